The molecule has 7 heteroatoms. The van der Waals surface area contributed by atoms with Crippen LogP contribution >= 0.6 is 0 Å². The molecule has 0 aromatic carbocycles. The molecule has 0 aliphatic carbocycles. The van der Waals surface area contributed by atoms with Gasteiger partial charge < -0.3 is 15.0 Å². The Morgan fingerprint density at radius 1 is 1.18 bits per heavy atom. The molecule has 0 spiro atoms. The van der Waals surface area contributed by atoms with Gasteiger partial charge in [0.05, 0.1) is 18.7 Å². The quantitative estimate of drug-likeness (QED) is 0.416. The smallest absolute Gasteiger partial charge is 0.333 e. The van der Waals surface area contributed by atoms with Gasteiger partial charge in [-0.1, -0.05) is 54.0 Å². The summed E-state index contributed by atoms with van der Waals surface area (Å²) in [5, 5.41) is 3.08. The highest BCUT2D eigenvalue weighted by atomic mass is 16.5. The molecule has 7 nitrogen and oxygen atoms in total. The first-order valence-electron chi connectivity index (χ1n) is 12.4. The van der Waals surface area contributed by atoms with E-state index < -0.39 is 11.5 Å². The Morgan fingerprint density at radius 2 is 1.79 bits per heavy atom. The summed E-state index contributed by atoms with van der Waals surface area (Å²) < 4.78 is 5.10. The summed E-state index contributed by atoms with van der Waals surface area (Å²) in [6.45, 7) is 16.8. The zero-order chi connectivity index (χ0) is 25.5. The van der Waals surface area contributed by atoms with Crippen molar-refractivity contribution in [2.24, 2.45) is 17.3 Å². The predicted octanol–water partition coefficient (Wildman–Crippen LogP) is 3.63. The fraction of sp³-hybridized carbons (Fsp3) is 0.808. The van der Waals surface area contributed by atoms with Gasteiger partial charge in [0.1, 0.15) is 6.04 Å². The van der Waals surface area contributed by atoms with Crippen LogP contribution in [0.3, 0.4) is 0 Å². The van der Waals surface area contributed by atoms with Crippen molar-refractivity contribution in [3.05, 3.63) is 11.6 Å². The van der Waals surface area contributed by atoms with Crippen LogP contribution in [0.25, 0.3) is 0 Å². The lowest BCUT2D eigenvalue weighted by atomic mass is 9.84. The molecule has 190 valence electrons. The summed E-state index contributed by atoms with van der Waals surface area (Å²) in [6, 6.07) is -1.20. The number of hydrogen-bond acceptors (Lipinski definition) is 5. The monoisotopic (exact) mass is 465 g/mol. The molecule has 1 aliphatic rings. The molecule has 1 rings (SSSR count). The van der Waals surface area contributed by atoms with Crippen molar-refractivity contribution in [2.45, 2.75) is 92.8 Å². The summed E-state index contributed by atoms with van der Waals surface area (Å²) in [5.41, 5.74) is 0.00240. The molecule has 1 unspecified atom stereocenters. The van der Waals surface area contributed by atoms with Crippen molar-refractivity contribution in [3.63, 3.8) is 0 Å². The zero-order valence-electron chi connectivity index (χ0n) is 22.5. The van der Waals surface area contributed by atoms with Gasteiger partial charge >= 0.3 is 5.97 Å². The maximum absolute atomic E-state index is 13.7. The van der Waals surface area contributed by atoms with Crippen LogP contribution in [0.1, 0.15) is 74.7 Å². The van der Waals surface area contributed by atoms with E-state index in [0.29, 0.717) is 18.1 Å². The SMILES string of the molecule is CCOC(=O)C(C)=C[C@H](C(C)C)N(C)C(=O)[C@@H](NC(=O)[C@H]1CCC(CC)CN1C)C(C)(C)C. The molecule has 1 aliphatic heterocycles. The Balaban J connectivity index is 3.09. The van der Waals surface area contributed by atoms with Gasteiger partial charge in [0.15, 0.2) is 0 Å². The molecule has 1 fully saturated rings. The Labute approximate surface area is 201 Å². The molecule has 0 aromatic heterocycles. The molecule has 0 aromatic rings. The van der Waals surface area contributed by atoms with E-state index in [9.17, 15) is 14.4 Å². The van der Waals surface area contributed by atoms with E-state index in [0.717, 1.165) is 25.8 Å². The molecule has 0 bridgehead atoms. The number of carbonyl (C=O) groups excluding carboxylic acids is 3. The van der Waals surface area contributed by atoms with Gasteiger partial charge in [0.25, 0.3) is 0 Å². The molecule has 4 atom stereocenters. The van der Waals surface area contributed by atoms with E-state index in [1.807, 2.05) is 41.7 Å². The maximum Gasteiger partial charge on any atom is 0.333 e. The number of amides is 2. The normalized spacial score (nSPS) is 22.0. The minimum atomic E-state index is -0.676. The summed E-state index contributed by atoms with van der Waals surface area (Å²) in [7, 11) is 3.73. The largest absolute Gasteiger partial charge is 0.463 e. The standard InChI is InChI=1S/C26H47N3O4/c1-11-19-13-14-20(28(9)16-19)23(30)27-22(26(6,7)8)24(31)29(10)21(17(3)4)15-18(5)25(32)33-12-2/h15,17,19-22H,11-14,16H2,1-10H3,(H,27,30)/t19?,20-,21-,22-/m1/s1. The summed E-state index contributed by atoms with van der Waals surface area (Å²) in [6.07, 6.45) is 4.74. The molecule has 1 N–H and O–H groups in total. The first-order chi connectivity index (χ1) is 15.2. The molecular formula is C26H47N3O4. The molecule has 0 radical (unpaired) electrons. The summed E-state index contributed by atoms with van der Waals surface area (Å²) in [4.78, 5) is 42.8. The van der Waals surface area contributed by atoms with Gasteiger partial charge in [-0.25, -0.2) is 4.79 Å². The predicted molar refractivity (Wildman–Crippen MR) is 133 cm³/mol. The summed E-state index contributed by atoms with van der Waals surface area (Å²) in [5.74, 6) is 0.0670. The third-order valence-corrected chi connectivity index (χ3v) is 6.70. The lowest BCUT2D eigenvalue weighted by Gasteiger charge is -2.40. The number of hydrogen-bond donors (Lipinski definition) is 1. The molecular weight excluding hydrogens is 418 g/mol. The van der Waals surface area contributed by atoms with Crippen LogP contribution in [0, 0.1) is 17.3 Å². The molecule has 0 saturated carbocycles. The Hall–Kier alpha value is -1.89. The van der Waals surface area contributed by atoms with Crippen LogP contribution in [-0.4, -0.2) is 73.0 Å². The zero-order valence-corrected chi connectivity index (χ0v) is 22.5. The van der Waals surface area contributed by atoms with Crippen LogP contribution < -0.4 is 5.32 Å². The number of likely N-dealkylation sites (tertiary alicyclic amines) is 1. The third-order valence-electron chi connectivity index (χ3n) is 6.70. The number of carbonyl (C=O) groups is 3. The van der Waals surface area contributed by atoms with E-state index in [1.165, 1.54) is 0 Å². The van der Waals surface area contributed by atoms with Crippen LogP contribution in [0.5, 0.6) is 0 Å². The topological polar surface area (TPSA) is 79.0 Å². The second-order valence-corrected chi connectivity index (χ2v) is 10.9. The van der Waals surface area contributed by atoms with Crippen LogP contribution in [0.15, 0.2) is 11.6 Å². The Morgan fingerprint density at radius 3 is 2.24 bits per heavy atom. The molecule has 1 saturated heterocycles. The number of likely N-dealkylation sites (N-methyl/N-ethyl adjacent to an activating group) is 2. The van der Waals surface area contributed by atoms with Crippen molar-refractivity contribution >= 4 is 17.8 Å². The molecule has 2 amide bonds. The highest BCUT2D eigenvalue weighted by Crippen LogP contribution is 2.26. The maximum atomic E-state index is 13.7. The van der Waals surface area contributed by atoms with Gasteiger partial charge in [-0.3, -0.25) is 14.5 Å². The van der Waals surface area contributed by atoms with Crippen LogP contribution in [-0.2, 0) is 19.1 Å². The first kappa shape index (κ1) is 29.1. The molecule has 1 heterocycles. The highest BCUT2D eigenvalue weighted by molar-refractivity contribution is 5.91. The fourth-order valence-corrected chi connectivity index (χ4v) is 4.46. The van der Waals surface area contributed by atoms with E-state index in [4.69, 9.17) is 4.74 Å². The van der Waals surface area contributed by atoms with Gasteiger partial charge in [0, 0.05) is 19.2 Å². The van der Waals surface area contributed by atoms with Gasteiger partial charge in [-0.15, -0.1) is 0 Å². The average Bonchev–Trinajstić information content (AvgIpc) is 2.73. The van der Waals surface area contributed by atoms with E-state index in [-0.39, 0.29) is 35.8 Å². The van der Waals surface area contributed by atoms with Gasteiger partial charge in [-0.05, 0) is 51.0 Å². The molecule has 33 heavy (non-hydrogen) atoms. The van der Waals surface area contributed by atoms with Crippen molar-refractivity contribution in [2.75, 3.05) is 27.2 Å². The lowest BCUT2D eigenvalue weighted by Crippen LogP contribution is -2.60. The van der Waals surface area contributed by atoms with Crippen molar-refractivity contribution in [1.82, 2.24) is 15.1 Å². The number of piperidine rings is 1. The van der Waals surface area contributed by atoms with Crippen molar-refractivity contribution < 1.29 is 19.1 Å². The van der Waals surface area contributed by atoms with Crippen molar-refractivity contribution in [1.29, 1.82) is 0 Å². The van der Waals surface area contributed by atoms with Crippen LogP contribution in [0.2, 0.25) is 0 Å². The minimum Gasteiger partial charge on any atom is -0.463 e. The lowest BCUT2D eigenvalue weighted by molar-refractivity contribution is -0.142. The average molecular weight is 466 g/mol. The summed E-state index contributed by atoms with van der Waals surface area (Å²) >= 11 is 0. The Bertz CT molecular complexity index is 711. The first-order valence-corrected chi connectivity index (χ1v) is 12.4. The van der Waals surface area contributed by atoms with E-state index in [1.54, 1.807) is 31.9 Å². The van der Waals surface area contributed by atoms with Gasteiger partial charge in [-0.2, -0.15) is 0 Å². The number of esters is 1. The van der Waals surface area contributed by atoms with Gasteiger partial charge in [0.2, 0.25) is 11.8 Å². The van der Waals surface area contributed by atoms with Crippen molar-refractivity contribution in [3.8, 4) is 0 Å². The van der Waals surface area contributed by atoms with E-state index in [2.05, 4.69) is 17.1 Å². The highest BCUT2D eigenvalue weighted by Gasteiger charge is 2.39. The second kappa shape index (κ2) is 12.5. The number of nitrogens with zero attached hydrogens (tertiary/aromatic N) is 2. The fourth-order valence-electron chi connectivity index (χ4n) is 4.46. The van der Waals surface area contributed by atoms with Crippen LogP contribution in [0.4, 0.5) is 0 Å². The Kier molecular flexibility index (Phi) is 11.1. The minimum absolute atomic E-state index is 0.0788. The number of ether oxygens (including phenoxy) is 1. The second-order valence-electron chi connectivity index (χ2n) is 10.9. The number of rotatable bonds is 9. The van der Waals surface area contributed by atoms with E-state index >= 15 is 0 Å². The third kappa shape index (κ3) is 8.13. The number of nitrogens with one attached hydrogen (secondary N) is 1.